The van der Waals surface area contributed by atoms with Gasteiger partial charge in [-0.15, -0.1) is 0 Å². The number of nitrogens with zero attached hydrogens (tertiary/aromatic N) is 3. The molecule has 2 saturated carbocycles. The molecule has 8 heteroatoms. The topological polar surface area (TPSA) is 67.2 Å². The fourth-order valence-electron chi connectivity index (χ4n) is 3.70. The van der Waals surface area contributed by atoms with E-state index in [0.29, 0.717) is 18.1 Å². The van der Waals surface area contributed by atoms with Gasteiger partial charge in [0.2, 0.25) is 5.91 Å². The third-order valence-corrected chi connectivity index (χ3v) is 5.22. The minimum Gasteiger partial charge on any atom is -0.272 e. The molecule has 1 aromatic heterocycles. The average Bonchev–Trinajstić information content (AvgIpc) is 3.18. The molecule has 1 aliphatic heterocycles. The molecule has 0 bridgehead atoms. The Morgan fingerprint density at radius 1 is 1.12 bits per heavy atom. The molecule has 2 aliphatic carbocycles. The van der Waals surface area contributed by atoms with E-state index in [1.165, 1.54) is 0 Å². The third-order valence-electron chi connectivity index (χ3n) is 5.22. The molecule has 0 radical (unpaired) electrons. The van der Waals surface area contributed by atoms with Crippen LogP contribution in [0, 0.1) is 11.8 Å². The number of hydrogen-bond acceptors (Lipinski definition) is 4. The monoisotopic (exact) mass is 352 g/mol. The van der Waals surface area contributed by atoms with Gasteiger partial charge in [-0.25, -0.2) is 15.4 Å². The van der Waals surface area contributed by atoms with Gasteiger partial charge < -0.3 is 0 Å². The zero-order valence-electron chi connectivity index (χ0n) is 13.6. The first-order chi connectivity index (χ1) is 11.9. The molecule has 1 aromatic rings. The molecule has 1 unspecified atom stereocenters. The summed E-state index contributed by atoms with van der Waals surface area (Å²) in [6.07, 6.45) is 2.08. The van der Waals surface area contributed by atoms with E-state index in [-0.39, 0.29) is 23.3 Å². The van der Waals surface area contributed by atoms with Gasteiger partial charge in [0.25, 0.3) is 0 Å². The van der Waals surface area contributed by atoms with Crippen molar-refractivity contribution in [2.45, 2.75) is 57.0 Å². The first-order valence-corrected chi connectivity index (χ1v) is 8.76. The Kier molecular flexibility index (Phi) is 4.00. The summed E-state index contributed by atoms with van der Waals surface area (Å²) in [5.74, 6) is -0.148. The molecular formula is C17H19F3N4O. The molecule has 0 saturated heterocycles. The summed E-state index contributed by atoms with van der Waals surface area (Å²) in [5.41, 5.74) is 1.92. The van der Waals surface area contributed by atoms with Crippen LogP contribution >= 0.6 is 0 Å². The SMILES string of the molecule is O=C1NN=C(c2cc(C(F)(F)F)nc(C3CC3)n2)C1CC1CCCC1. The average molecular weight is 352 g/mol. The number of aromatic nitrogens is 2. The van der Waals surface area contributed by atoms with E-state index in [1.54, 1.807) is 0 Å². The number of carbonyl (C=O) groups is 1. The minimum atomic E-state index is -4.54. The van der Waals surface area contributed by atoms with Crippen molar-refractivity contribution in [1.29, 1.82) is 0 Å². The standard InChI is InChI=1S/C17H19F3N4O/c18-17(19,20)13-8-12(21-15(22-13)10-5-6-10)14-11(16(25)24-23-14)7-9-3-1-2-4-9/h8-11H,1-7H2,(H,24,25). The van der Waals surface area contributed by atoms with E-state index in [4.69, 9.17) is 0 Å². The van der Waals surface area contributed by atoms with E-state index in [0.717, 1.165) is 44.6 Å². The van der Waals surface area contributed by atoms with Gasteiger partial charge in [-0.3, -0.25) is 4.79 Å². The van der Waals surface area contributed by atoms with Crippen molar-refractivity contribution >= 4 is 11.6 Å². The lowest BCUT2D eigenvalue weighted by atomic mass is 9.88. The smallest absolute Gasteiger partial charge is 0.272 e. The maximum Gasteiger partial charge on any atom is 0.433 e. The molecule has 5 nitrogen and oxygen atoms in total. The molecule has 25 heavy (non-hydrogen) atoms. The predicted molar refractivity (Wildman–Crippen MR) is 83.8 cm³/mol. The third kappa shape index (κ3) is 3.39. The number of rotatable bonds is 4. The van der Waals surface area contributed by atoms with Gasteiger partial charge in [-0.2, -0.15) is 18.3 Å². The maximum absolute atomic E-state index is 13.2. The lowest BCUT2D eigenvalue weighted by molar-refractivity contribution is -0.141. The highest BCUT2D eigenvalue weighted by molar-refractivity contribution is 6.15. The highest BCUT2D eigenvalue weighted by Gasteiger charge is 2.39. The summed E-state index contributed by atoms with van der Waals surface area (Å²) >= 11 is 0. The second-order valence-electron chi connectivity index (χ2n) is 7.18. The van der Waals surface area contributed by atoms with Gasteiger partial charge >= 0.3 is 6.18 Å². The van der Waals surface area contributed by atoms with Crippen LogP contribution in [0.4, 0.5) is 13.2 Å². The highest BCUT2D eigenvalue weighted by Crippen LogP contribution is 2.40. The number of carbonyl (C=O) groups excluding carboxylic acids is 1. The number of alkyl halides is 3. The summed E-state index contributed by atoms with van der Waals surface area (Å²) in [5, 5.41) is 4.01. The quantitative estimate of drug-likeness (QED) is 0.903. The van der Waals surface area contributed by atoms with Gasteiger partial charge in [-0.05, 0) is 31.2 Å². The van der Waals surface area contributed by atoms with Crippen LogP contribution in [-0.4, -0.2) is 21.6 Å². The second-order valence-corrected chi connectivity index (χ2v) is 7.18. The van der Waals surface area contributed by atoms with Crippen molar-refractivity contribution in [1.82, 2.24) is 15.4 Å². The van der Waals surface area contributed by atoms with Crippen LogP contribution in [0.5, 0.6) is 0 Å². The van der Waals surface area contributed by atoms with Crippen molar-refractivity contribution in [2.24, 2.45) is 16.9 Å². The Morgan fingerprint density at radius 2 is 1.84 bits per heavy atom. The molecule has 134 valence electrons. The molecule has 1 amide bonds. The number of amides is 1. The molecular weight excluding hydrogens is 333 g/mol. The Hall–Kier alpha value is -1.99. The number of nitrogens with one attached hydrogen (secondary N) is 1. The molecule has 1 N–H and O–H groups in total. The van der Waals surface area contributed by atoms with Crippen molar-refractivity contribution in [2.75, 3.05) is 0 Å². The summed E-state index contributed by atoms with van der Waals surface area (Å²) < 4.78 is 39.6. The number of halogens is 3. The summed E-state index contributed by atoms with van der Waals surface area (Å²) in [6, 6.07) is 0.923. The molecule has 2 fully saturated rings. The van der Waals surface area contributed by atoms with Crippen LogP contribution in [0.2, 0.25) is 0 Å². The Morgan fingerprint density at radius 3 is 2.48 bits per heavy atom. The van der Waals surface area contributed by atoms with Crippen LogP contribution < -0.4 is 5.43 Å². The fraction of sp³-hybridized carbons (Fsp3) is 0.647. The molecule has 2 heterocycles. The van der Waals surface area contributed by atoms with Crippen LogP contribution in [-0.2, 0) is 11.0 Å². The van der Waals surface area contributed by atoms with Gasteiger partial charge in [-0.1, -0.05) is 25.7 Å². The van der Waals surface area contributed by atoms with Gasteiger partial charge in [0, 0.05) is 5.92 Å². The fourth-order valence-corrected chi connectivity index (χ4v) is 3.70. The highest BCUT2D eigenvalue weighted by atomic mass is 19.4. The van der Waals surface area contributed by atoms with Gasteiger partial charge in [0.15, 0.2) is 0 Å². The van der Waals surface area contributed by atoms with Crippen molar-refractivity contribution < 1.29 is 18.0 Å². The predicted octanol–water partition coefficient (Wildman–Crippen LogP) is 3.40. The minimum absolute atomic E-state index is 0.0139. The largest absolute Gasteiger partial charge is 0.433 e. The number of hydrogen-bond donors (Lipinski definition) is 1. The Balaban J connectivity index is 1.67. The maximum atomic E-state index is 13.2. The van der Waals surface area contributed by atoms with E-state index < -0.39 is 17.8 Å². The summed E-state index contributed by atoms with van der Waals surface area (Å²) in [7, 11) is 0. The molecule has 1 atom stereocenters. The van der Waals surface area contributed by atoms with E-state index >= 15 is 0 Å². The lowest BCUT2D eigenvalue weighted by Gasteiger charge is -2.16. The van der Waals surface area contributed by atoms with E-state index in [2.05, 4.69) is 20.5 Å². The second kappa shape index (κ2) is 6.07. The van der Waals surface area contributed by atoms with E-state index in [9.17, 15) is 18.0 Å². The number of hydrazone groups is 1. The summed E-state index contributed by atoms with van der Waals surface area (Å²) in [6.45, 7) is 0. The molecule has 3 aliphatic rings. The zero-order chi connectivity index (χ0) is 17.6. The molecule has 0 spiro atoms. The first kappa shape index (κ1) is 16.5. The van der Waals surface area contributed by atoms with Crippen molar-refractivity contribution in [3.63, 3.8) is 0 Å². The zero-order valence-corrected chi connectivity index (χ0v) is 13.6. The first-order valence-electron chi connectivity index (χ1n) is 8.76. The Labute approximate surface area is 143 Å². The normalized spacial score (nSPS) is 24.5. The van der Waals surface area contributed by atoms with E-state index in [1.807, 2.05) is 0 Å². The lowest BCUT2D eigenvalue weighted by Crippen LogP contribution is -2.27. The van der Waals surface area contributed by atoms with Crippen molar-refractivity contribution in [3.05, 3.63) is 23.3 Å². The van der Waals surface area contributed by atoms with Crippen LogP contribution in [0.3, 0.4) is 0 Å². The van der Waals surface area contributed by atoms with Gasteiger partial charge in [0.05, 0.1) is 17.3 Å². The van der Waals surface area contributed by atoms with Crippen LogP contribution in [0.15, 0.2) is 11.2 Å². The van der Waals surface area contributed by atoms with Crippen LogP contribution in [0.25, 0.3) is 0 Å². The van der Waals surface area contributed by atoms with Crippen LogP contribution in [0.1, 0.15) is 68.1 Å². The van der Waals surface area contributed by atoms with Crippen molar-refractivity contribution in [3.8, 4) is 0 Å². The summed E-state index contributed by atoms with van der Waals surface area (Å²) in [4.78, 5) is 20.2. The molecule has 4 rings (SSSR count). The Bertz CT molecular complexity index is 721. The van der Waals surface area contributed by atoms with Gasteiger partial charge in [0.1, 0.15) is 11.5 Å². The molecule has 0 aromatic carbocycles.